The van der Waals surface area contributed by atoms with Crippen molar-refractivity contribution in [2.45, 2.75) is 24.9 Å². The Morgan fingerprint density at radius 1 is 1.18 bits per heavy atom. The van der Waals surface area contributed by atoms with Gasteiger partial charge in [0.25, 0.3) is 5.91 Å². The van der Waals surface area contributed by atoms with Gasteiger partial charge in [-0.2, -0.15) is 5.10 Å². The molecule has 2 aromatic heterocycles. The zero-order valence-corrected chi connectivity index (χ0v) is 15.3. The Morgan fingerprint density at radius 2 is 2.04 bits per heavy atom. The number of carbonyl (C=O) groups is 1. The van der Waals surface area contributed by atoms with Crippen molar-refractivity contribution >= 4 is 17.4 Å². The van der Waals surface area contributed by atoms with Gasteiger partial charge in [-0.25, -0.2) is 9.50 Å². The van der Waals surface area contributed by atoms with E-state index in [4.69, 9.17) is 9.47 Å². The fourth-order valence-electron chi connectivity index (χ4n) is 3.68. The lowest BCUT2D eigenvalue weighted by Gasteiger charge is -2.22. The van der Waals surface area contributed by atoms with Gasteiger partial charge in [-0.3, -0.25) is 4.79 Å². The van der Waals surface area contributed by atoms with Crippen LogP contribution in [-0.4, -0.2) is 46.4 Å². The van der Waals surface area contributed by atoms with Gasteiger partial charge < -0.3 is 20.1 Å². The Kier molecular flexibility index (Phi) is 4.32. The summed E-state index contributed by atoms with van der Waals surface area (Å²) in [5, 5.41) is 10.7. The van der Waals surface area contributed by atoms with Gasteiger partial charge in [0, 0.05) is 31.0 Å². The average Bonchev–Trinajstić information content (AvgIpc) is 3.33. The van der Waals surface area contributed by atoms with E-state index in [0.717, 1.165) is 24.2 Å². The van der Waals surface area contributed by atoms with Crippen molar-refractivity contribution < 1.29 is 14.3 Å². The average molecular weight is 379 g/mol. The van der Waals surface area contributed by atoms with Crippen LogP contribution in [0.2, 0.25) is 0 Å². The van der Waals surface area contributed by atoms with Crippen LogP contribution in [0.4, 0.5) is 5.82 Å². The third kappa shape index (κ3) is 3.16. The van der Waals surface area contributed by atoms with Crippen molar-refractivity contribution in [1.29, 1.82) is 0 Å². The van der Waals surface area contributed by atoms with Crippen molar-refractivity contribution in [3.8, 4) is 5.75 Å². The van der Waals surface area contributed by atoms with Crippen LogP contribution in [0.25, 0.3) is 5.65 Å². The minimum atomic E-state index is -0.152. The molecular formula is C20H21N5O3. The molecule has 5 rings (SSSR count). The molecule has 1 aromatic carbocycles. The molecule has 2 aliphatic rings. The topological polar surface area (TPSA) is 89.8 Å². The molecule has 1 unspecified atom stereocenters. The number of nitrogens with one attached hydrogen (secondary N) is 2. The second-order valence-electron chi connectivity index (χ2n) is 7.05. The van der Waals surface area contributed by atoms with Gasteiger partial charge in [-0.15, -0.1) is 0 Å². The molecule has 3 aromatic rings. The molecule has 1 fully saturated rings. The fourth-order valence-corrected chi connectivity index (χ4v) is 3.68. The zero-order valence-electron chi connectivity index (χ0n) is 15.3. The van der Waals surface area contributed by atoms with E-state index in [0.29, 0.717) is 36.8 Å². The number of amides is 1. The highest BCUT2D eigenvalue weighted by atomic mass is 16.5. The van der Waals surface area contributed by atoms with E-state index in [-0.39, 0.29) is 18.0 Å². The molecule has 2 aliphatic heterocycles. The summed E-state index contributed by atoms with van der Waals surface area (Å²) in [5.74, 6) is 1.42. The maximum Gasteiger partial charge on any atom is 0.256 e. The highest BCUT2D eigenvalue weighted by Gasteiger charge is 2.24. The molecule has 144 valence electrons. The van der Waals surface area contributed by atoms with E-state index in [1.54, 1.807) is 16.9 Å². The van der Waals surface area contributed by atoms with Gasteiger partial charge in [0.2, 0.25) is 0 Å². The van der Waals surface area contributed by atoms with Crippen LogP contribution in [0.5, 0.6) is 5.75 Å². The Morgan fingerprint density at radius 3 is 2.93 bits per heavy atom. The number of hydrogen-bond acceptors (Lipinski definition) is 6. The second kappa shape index (κ2) is 7.12. The number of para-hydroxylation sites is 1. The largest absolute Gasteiger partial charge is 0.491 e. The number of carbonyl (C=O) groups excluding carboxylic acids is 1. The molecule has 2 N–H and O–H groups in total. The van der Waals surface area contributed by atoms with Crippen LogP contribution >= 0.6 is 0 Å². The summed E-state index contributed by atoms with van der Waals surface area (Å²) in [5.41, 5.74) is 2.11. The molecule has 4 heterocycles. The Bertz CT molecular complexity index is 1010. The summed E-state index contributed by atoms with van der Waals surface area (Å²) < 4.78 is 12.7. The zero-order chi connectivity index (χ0) is 18.9. The number of hydrogen-bond donors (Lipinski definition) is 2. The van der Waals surface area contributed by atoms with Crippen molar-refractivity contribution in [1.82, 2.24) is 19.9 Å². The van der Waals surface area contributed by atoms with Gasteiger partial charge in [-0.05, 0) is 25.0 Å². The first-order chi connectivity index (χ1) is 13.8. The molecule has 0 radical (unpaired) electrons. The minimum absolute atomic E-state index is 0.0218. The highest BCUT2D eigenvalue weighted by Crippen LogP contribution is 2.33. The van der Waals surface area contributed by atoms with Gasteiger partial charge in [0.05, 0.1) is 12.2 Å². The van der Waals surface area contributed by atoms with Gasteiger partial charge >= 0.3 is 0 Å². The van der Waals surface area contributed by atoms with Crippen LogP contribution in [0, 0.1) is 0 Å². The highest BCUT2D eigenvalue weighted by molar-refractivity contribution is 5.99. The number of benzene rings is 1. The standard InChI is InChI=1S/C20H21N5O3/c26-20(22-13-6-9-27-10-7-13)15-11-21-25-8-5-18(24-19(15)25)23-16-12-28-17-4-2-1-3-14(16)17/h1-5,8,11,13,16H,6-7,9-10,12H2,(H,22,26)(H,23,24). The van der Waals surface area contributed by atoms with Crippen LogP contribution in [0.1, 0.15) is 34.8 Å². The monoisotopic (exact) mass is 379 g/mol. The van der Waals surface area contributed by atoms with E-state index in [9.17, 15) is 4.79 Å². The van der Waals surface area contributed by atoms with E-state index in [2.05, 4.69) is 20.7 Å². The summed E-state index contributed by atoms with van der Waals surface area (Å²) in [4.78, 5) is 17.4. The van der Waals surface area contributed by atoms with Crippen LogP contribution in [0.3, 0.4) is 0 Å². The molecule has 28 heavy (non-hydrogen) atoms. The summed E-state index contributed by atoms with van der Waals surface area (Å²) in [6.45, 7) is 1.90. The molecular weight excluding hydrogens is 358 g/mol. The maximum absolute atomic E-state index is 12.7. The van der Waals surface area contributed by atoms with Gasteiger partial charge in [0.15, 0.2) is 5.65 Å². The number of anilines is 1. The number of rotatable bonds is 4. The minimum Gasteiger partial charge on any atom is -0.491 e. The van der Waals surface area contributed by atoms with E-state index < -0.39 is 0 Å². The van der Waals surface area contributed by atoms with Crippen LogP contribution in [-0.2, 0) is 4.74 Å². The molecule has 1 saturated heterocycles. The van der Waals surface area contributed by atoms with Crippen LogP contribution in [0.15, 0.2) is 42.7 Å². The Balaban J connectivity index is 1.37. The molecule has 1 amide bonds. The molecule has 0 aliphatic carbocycles. The van der Waals surface area contributed by atoms with Crippen molar-refractivity contribution in [3.05, 3.63) is 53.9 Å². The maximum atomic E-state index is 12.7. The van der Waals surface area contributed by atoms with E-state index in [1.165, 1.54) is 0 Å². The second-order valence-corrected chi connectivity index (χ2v) is 7.05. The quantitative estimate of drug-likeness (QED) is 0.722. The lowest BCUT2D eigenvalue weighted by Crippen LogP contribution is -2.38. The van der Waals surface area contributed by atoms with Crippen molar-refractivity contribution in [3.63, 3.8) is 0 Å². The first kappa shape index (κ1) is 17.0. The smallest absolute Gasteiger partial charge is 0.256 e. The number of ether oxygens (including phenoxy) is 2. The first-order valence-electron chi connectivity index (χ1n) is 9.49. The van der Waals surface area contributed by atoms with Crippen molar-refractivity contribution in [2.24, 2.45) is 0 Å². The van der Waals surface area contributed by atoms with Gasteiger partial charge in [0.1, 0.15) is 23.7 Å². The fraction of sp³-hybridized carbons (Fsp3) is 0.350. The molecule has 8 heteroatoms. The molecule has 1 atom stereocenters. The molecule has 8 nitrogen and oxygen atoms in total. The molecule has 0 saturated carbocycles. The van der Waals surface area contributed by atoms with Gasteiger partial charge in [-0.1, -0.05) is 18.2 Å². The number of fused-ring (bicyclic) bond motifs is 2. The van der Waals surface area contributed by atoms with E-state index in [1.807, 2.05) is 30.3 Å². The normalized spacial score (nSPS) is 19.2. The van der Waals surface area contributed by atoms with Crippen LogP contribution < -0.4 is 15.4 Å². The summed E-state index contributed by atoms with van der Waals surface area (Å²) in [6.07, 6.45) is 5.02. The predicted octanol–water partition coefficient (Wildman–Crippen LogP) is 2.18. The number of aromatic nitrogens is 3. The lowest BCUT2D eigenvalue weighted by atomic mass is 10.1. The predicted molar refractivity (Wildman–Crippen MR) is 103 cm³/mol. The SMILES string of the molecule is O=C(NC1CCOCC1)c1cnn2ccc(NC3COc4ccccc43)nc12. The number of nitrogens with zero attached hydrogens (tertiary/aromatic N) is 3. The third-order valence-corrected chi connectivity index (χ3v) is 5.19. The third-order valence-electron chi connectivity index (χ3n) is 5.19. The Labute approximate surface area is 161 Å². The molecule has 0 spiro atoms. The lowest BCUT2D eigenvalue weighted by molar-refractivity contribution is 0.0697. The summed E-state index contributed by atoms with van der Waals surface area (Å²) in [6, 6.07) is 9.96. The van der Waals surface area contributed by atoms with Crippen molar-refractivity contribution in [2.75, 3.05) is 25.1 Å². The first-order valence-corrected chi connectivity index (χ1v) is 9.49. The molecule has 0 bridgehead atoms. The summed E-state index contributed by atoms with van der Waals surface area (Å²) in [7, 11) is 0. The Hall–Kier alpha value is -3.13. The summed E-state index contributed by atoms with van der Waals surface area (Å²) >= 11 is 0. The van der Waals surface area contributed by atoms with E-state index >= 15 is 0 Å².